The van der Waals surface area contributed by atoms with Crippen molar-refractivity contribution >= 4 is 15.9 Å². The van der Waals surface area contributed by atoms with E-state index in [0.717, 1.165) is 0 Å². The highest BCUT2D eigenvalue weighted by atomic mass is 79.9. The largest absolute Gasteiger partial charge is 0.0853 e. The van der Waals surface area contributed by atoms with Crippen molar-refractivity contribution in [2.45, 2.75) is 108 Å². The molecule has 0 heterocycles. The molecule has 108 valence electrons. The van der Waals surface area contributed by atoms with Crippen LogP contribution in [0.2, 0.25) is 0 Å². The van der Waals surface area contributed by atoms with E-state index >= 15 is 0 Å². The minimum Gasteiger partial charge on any atom is -0.0853 e. The van der Waals surface area contributed by atoms with Crippen molar-refractivity contribution in [3.63, 3.8) is 0 Å². The molecule has 1 fully saturated rings. The maximum absolute atomic E-state index is 4.01. The molecule has 0 aromatic heterocycles. The maximum Gasteiger partial charge on any atom is 0.0258 e. The highest BCUT2D eigenvalue weighted by molar-refractivity contribution is 9.10. The van der Waals surface area contributed by atoms with Crippen LogP contribution in [-0.2, 0) is 0 Å². The smallest absolute Gasteiger partial charge is 0.0258 e. The van der Waals surface area contributed by atoms with Gasteiger partial charge in [0.15, 0.2) is 0 Å². The topological polar surface area (TPSA) is 0 Å². The molecule has 0 unspecified atom stereocenters. The van der Waals surface area contributed by atoms with Gasteiger partial charge in [0.05, 0.1) is 0 Å². The Kier molecular flexibility index (Phi) is 9.45. The van der Waals surface area contributed by atoms with Crippen LogP contribution < -0.4 is 0 Å². The molecular weight excluding hydrogens is 284 g/mol. The van der Waals surface area contributed by atoms with Gasteiger partial charge in [0.2, 0.25) is 0 Å². The average Bonchev–Trinajstić information content (AvgIpc) is 2.38. The normalized spacial score (nSPS) is 19.0. The van der Waals surface area contributed by atoms with Gasteiger partial charge in [-0.15, -0.1) is 0 Å². The molecule has 1 saturated carbocycles. The standard InChI is InChI=1S/C17H33Br/c1-2-3-4-5-6-7-8-9-11-14-17(18)15-12-10-13-16-17/h2-16H2,1H3. The van der Waals surface area contributed by atoms with Crippen molar-refractivity contribution in [2.24, 2.45) is 0 Å². The Labute approximate surface area is 123 Å². The van der Waals surface area contributed by atoms with Crippen molar-refractivity contribution in [2.75, 3.05) is 0 Å². The summed E-state index contributed by atoms with van der Waals surface area (Å²) in [5.41, 5.74) is 0. The van der Waals surface area contributed by atoms with Crippen LogP contribution in [0.25, 0.3) is 0 Å². The molecule has 1 aliphatic rings. The number of alkyl halides is 1. The number of unbranched alkanes of at least 4 members (excludes halogenated alkanes) is 8. The minimum absolute atomic E-state index is 0.534. The molecule has 0 atom stereocenters. The zero-order valence-corrected chi connectivity index (χ0v) is 14.1. The Morgan fingerprint density at radius 2 is 1.22 bits per heavy atom. The monoisotopic (exact) mass is 316 g/mol. The first-order valence-corrected chi connectivity index (χ1v) is 9.25. The van der Waals surface area contributed by atoms with E-state index in [-0.39, 0.29) is 0 Å². The number of halogens is 1. The molecule has 0 nitrogen and oxygen atoms in total. The van der Waals surface area contributed by atoms with Crippen LogP contribution in [0.15, 0.2) is 0 Å². The predicted octanol–water partition coefficient (Wildman–Crippen LogP) is 7.01. The van der Waals surface area contributed by atoms with Gasteiger partial charge in [0, 0.05) is 4.32 Å². The van der Waals surface area contributed by atoms with Gasteiger partial charge in [-0.25, -0.2) is 0 Å². The molecule has 0 radical (unpaired) electrons. The van der Waals surface area contributed by atoms with Gasteiger partial charge in [-0.2, -0.15) is 0 Å². The first-order chi connectivity index (χ1) is 8.77. The molecule has 1 heteroatoms. The first-order valence-electron chi connectivity index (χ1n) is 8.46. The van der Waals surface area contributed by atoms with Crippen LogP contribution in [0.5, 0.6) is 0 Å². The molecule has 0 amide bonds. The second-order valence-electron chi connectivity index (χ2n) is 6.29. The van der Waals surface area contributed by atoms with Crippen molar-refractivity contribution in [3.05, 3.63) is 0 Å². The zero-order valence-electron chi connectivity index (χ0n) is 12.5. The van der Waals surface area contributed by atoms with E-state index < -0.39 is 0 Å². The molecular formula is C17H33Br. The molecule has 0 aromatic carbocycles. The van der Waals surface area contributed by atoms with Crippen molar-refractivity contribution in [1.29, 1.82) is 0 Å². The summed E-state index contributed by atoms with van der Waals surface area (Å²) in [7, 11) is 0. The lowest BCUT2D eigenvalue weighted by atomic mass is 9.85. The Hall–Kier alpha value is 0.480. The van der Waals surface area contributed by atoms with Crippen molar-refractivity contribution in [3.8, 4) is 0 Å². The van der Waals surface area contributed by atoms with Crippen LogP contribution in [0.3, 0.4) is 0 Å². The SMILES string of the molecule is CCCCCCCCCCCC1(Br)CCCCC1. The fraction of sp³-hybridized carbons (Fsp3) is 1.00. The minimum atomic E-state index is 0.534. The fourth-order valence-corrected chi connectivity index (χ4v) is 4.03. The van der Waals surface area contributed by atoms with Gasteiger partial charge in [-0.05, 0) is 19.3 Å². The first kappa shape index (κ1) is 16.5. The van der Waals surface area contributed by atoms with E-state index in [4.69, 9.17) is 0 Å². The fourth-order valence-electron chi connectivity index (χ4n) is 3.19. The summed E-state index contributed by atoms with van der Waals surface area (Å²) in [6.45, 7) is 2.29. The summed E-state index contributed by atoms with van der Waals surface area (Å²) in [5.74, 6) is 0. The van der Waals surface area contributed by atoms with E-state index in [9.17, 15) is 0 Å². The van der Waals surface area contributed by atoms with Gasteiger partial charge in [-0.1, -0.05) is 99.9 Å². The number of hydrogen-bond acceptors (Lipinski definition) is 0. The molecule has 0 N–H and O–H groups in total. The van der Waals surface area contributed by atoms with E-state index in [1.54, 1.807) is 0 Å². The third-order valence-corrected chi connectivity index (χ3v) is 5.67. The van der Waals surface area contributed by atoms with Crippen LogP contribution in [0.1, 0.15) is 103 Å². The quantitative estimate of drug-likeness (QED) is 0.300. The van der Waals surface area contributed by atoms with Gasteiger partial charge in [-0.3, -0.25) is 0 Å². The molecule has 0 saturated heterocycles. The van der Waals surface area contributed by atoms with Gasteiger partial charge in [0.1, 0.15) is 0 Å². The Balaban J connectivity index is 1.86. The lowest BCUT2D eigenvalue weighted by Crippen LogP contribution is -2.23. The average molecular weight is 317 g/mol. The third kappa shape index (κ3) is 7.81. The lowest BCUT2D eigenvalue weighted by molar-refractivity contribution is 0.373. The number of rotatable bonds is 10. The summed E-state index contributed by atoms with van der Waals surface area (Å²) < 4.78 is 0.534. The summed E-state index contributed by atoms with van der Waals surface area (Å²) in [6, 6.07) is 0. The summed E-state index contributed by atoms with van der Waals surface area (Å²) in [6.07, 6.45) is 21.7. The Bertz CT molecular complexity index is 182. The Morgan fingerprint density at radius 3 is 1.78 bits per heavy atom. The molecule has 1 rings (SSSR count). The summed E-state index contributed by atoms with van der Waals surface area (Å²) in [4.78, 5) is 0. The second-order valence-corrected chi connectivity index (χ2v) is 7.97. The van der Waals surface area contributed by atoms with Gasteiger partial charge >= 0.3 is 0 Å². The second kappa shape index (κ2) is 10.3. The molecule has 0 bridgehead atoms. The highest BCUT2D eigenvalue weighted by Gasteiger charge is 2.27. The van der Waals surface area contributed by atoms with E-state index in [0.29, 0.717) is 4.32 Å². The molecule has 0 spiro atoms. The molecule has 0 aromatic rings. The van der Waals surface area contributed by atoms with Crippen LogP contribution in [0, 0.1) is 0 Å². The molecule has 0 aliphatic heterocycles. The van der Waals surface area contributed by atoms with E-state index in [1.807, 2.05) is 0 Å². The van der Waals surface area contributed by atoms with Gasteiger partial charge < -0.3 is 0 Å². The van der Waals surface area contributed by atoms with Crippen molar-refractivity contribution < 1.29 is 0 Å². The Morgan fingerprint density at radius 1 is 0.722 bits per heavy atom. The van der Waals surface area contributed by atoms with Crippen LogP contribution in [0.4, 0.5) is 0 Å². The van der Waals surface area contributed by atoms with E-state index in [2.05, 4.69) is 22.9 Å². The van der Waals surface area contributed by atoms with E-state index in [1.165, 1.54) is 96.3 Å². The maximum atomic E-state index is 4.01. The van der Waals surface area contributed by atoms with Gasteiger partial charge in [0.25, 0.3) is 0 Å². The molecule has 18 heavy (non-hydrogen) atoms. The van der Waals surface area contributed by atoms with Crippen LogP contribution >= 0.6 is 15.9 Å². The zero-order chi connectivity index (χ0) is 13.1. The van der Waals surface area contributed by atoms with Crippen LogP contribution in [-0.4, -0.2) is 4.32 Å². The summed E-state index contributed by atoms with van der Waals surface area (Å²) in [5, 5.41) is 0. The highest BCUT2D eigenvalue weighted by Crippen LogP contribution is 2.39. The van der Waals surface area contributed by atoms with Crippen molar-refractivity contribution in [1.82, 2.24) is 0 Å². The molecule has 1 aliphatic carbocycles. The predicted molar refractivity (Wildman–Crippen MR) is 86.6 cm³/mol. The third-order valence-electron chi connectivity index (χ3n) is 4.48. The lowest BCUT2D eigenvalue weighted by Gasteiger charge is -2.31. The summed E-state index contributed by atoms with van der Waals surface area (Å²) >= 11 is 4.01. The number of hydrogen-bond donors (Lipinski definition) is 0.